The van der Waals surface area contributed by atoms with Gasteiger partial charge in [0.2, 0.25) is 5.91 Å². The summed E-state index contributed by atoms with van der Waals surface area (Å²) in [6, 6.07) is 8.59. The van der Waals surface area contributed by atoms with Crippen LogP contribution in [0, 0.1) is 6.92 Å². The molecule has 1 amide bonds. The van der Waals surface area contributed by atoms with Crippen LogP contribution in [0.15, 0.2) is 24.3 Å². The molecule has 3 heterocycles. The van der Waals surface area contributed by atoms with Gasteiger partial charge in [0.1, 0.15) is 11.6 Å². The fraction of sp³-hybridized carbons (Fsp3) is 0.500. The number of benzene rings is 1. The van der Waals surface area contributed by atoms with Crippen LogP contribution in [0.3, 0.4) is 0 Å². The van der Waals surface area contributed by atoms with E-state index in [4.69, 9.17) is 9.97 Å². The topological polar surface area (TPSA) is 61.4 Å². The lowest BCUT2D eigenvalue weighted by Crippen LogP contribution is -2.32. The van der Waals surface area contributed by atoms with Crippen molar-refractivity contribution >= 4 is 11.7 Å². The molecule has 0 spiro atoms. The average molecular weight is 380 g/mol. The normalized spacial score (nSPS) is 19.5. The van der Waals surface area contributed by atoms with Crippen molar-refractivity contribution in [3.05, 3.63) is 52.5 Å². The number of hydrogen-bond acceptors (Lipinski definition) is 5. The van der Waals surface area contributed by atoms with E-state index in [0.29, 0.717) is 0 Å². The highest BCUT2D eigenvalue weighted by molar-refractivity contribution is 5.73. The number of anilines is 1. The van der Waals surface area contributed by atoms with Gasteiger partial charge in [0, 0.05) is 64.6 Å². The third-order valence-corrected chi connectivity index (χ3v) is 6.05. The second-order valence-corrected chi connectivity index (χ2v) is 7.94. The van der Waals surface area contributed by atoms with Crippen molar-refractivity contribution in [3.8, 4) is 0 Å². The molecule has 2 aromatic rings. The quantitative estimate of drug-likeness (QED) is 0.885. The Morgan fingerprint density at radius 3 is 2.79 bits per heavy atom. The Morgan fingerprint density at radius 2 is 2.07 bits per heavy atom. The molecule has 1 aromatic carbocycles. The second kappa shape index (κ2) is 7.87. The van der Waals surface area contributed by atoms with Crippen LogP contribution in [0.5, 0.6) is 0 Å². The van der Waals surface area contributed by atoms with Crippen LogP contribution in [-0.4, -0.2) is 52.4 Å². The average Bonchev–Trinajstić information content (AvgIpc) is 3.19. The summed E-state index contributed by atoms with van der Waals surface area (Å²) in [6.45, 7) is 8.17. The van der Waals surface area contributed by atoms with Gasteiger partial charge in [-0.15, -0.1) is 0 Å². The Labute approximate surface area is 167 Å². The fourth-order valence-electron chi connectivity index (χ4n) is 4.30. The molecule has 2 aliphatic heterocycles. The molecule has 0 saturated carbocycles. The van der Waals surface area contributed by atoms with Crippen LogP contribution in [0.4, 0.5) is 5.82 Å². The van der Waals surface area contributed by atoms with Crippen molar-refractivity contribution in [1.29, 1.82) is 0 Å². The number of aromatic nitrogens is 2. The third kappa shape index (κ3) is 3.74. The van der Waals surface area contributed by atoms with Crippen LogP contribution in [-0.2, 0) is 24.3 Å². The minimum absolute atomic E-state index is 0.140. The molecule has 1 aromatic heterocycles. The monoisotopic (exact) mass is 379 g/mol. The van der Waals surface area contributed by atoms with Gasteiger partial charge in [-0.2, -0.15) is 0 Å². The van der Waals surface area contributed by atoms with E-state index in [2.05, 4.69) is 41.4 Å². The summed E-state index contributed by atoms with van der Waals surface area (Å²) in [6.07, 6.45) is 1.88. The molecule has 2 aliphatic rings. The number of nitrogens with one attached hydrogen (secondary N) is 1. The van der Waals surface area contributed by atoms with Gasteiger partial charge in [-0.1, -0.05) is 24.3 Å². The van der Waals surface area contributed by atoms with E-state index in [0.717, 1.165) is 62.9 Å². The highest BCUT2D eigenvalue weighted by Gasteiger charge is 2.30. The molecule has 1 saturated heterocycles. The molecule has 0 radical (unpaired) electrons. The molecule has 6 heteroatoms. The standard InChI is InChI=1S/C22H29N5O/c1-15-6-4-5-7-17(15)12-26-10-9-20-19(14-26)22(23-3)25-21(24-20)18-8-11-27(13-18)16(2)28/h4-7,18H,8-14H2,1-3H3,(H,23,24,25)/t18-/m1/s1. The van der Waals surface area contributed by atoms with Gasteiger partial charge in [-0.05, 0) is 24.5 Å². The smallest absolute Gasteiger partial charge is 0.219 e. The highest BCUT2D eigenvalue weighted by Crippen LogP contribution is 2.30. The number of carbonyl (C=O) groups excluding carboxylic acids is 1. The first-order valence-corrected chi connectivity index (χ1v) is 10.1. The van der Waals surface area contributed by atoms with Crippen LogP contribution in [0.25, 0.3) is 0 Å². The van der Waals surface area contributed by atoms with Crippen molar-refractivity contribution < 1.29 is 4.79 Å². The highest BCUT2D eigenvalue weighted by atomic mass is 16.2. The lowest BCUT2D eigenvalue weighted by atomic mass is 10.0. The Kier molecular flexibility index (Phi) is 5.31. The van der Waals surface area contributed by atoms with Crippen molar-refractivity contribution in [3.63, 3.8) is 0 Å². The molecule has 4 rings (SSSR count). The van der Waals surface area contributed by atoms with Gasteiger partial charge >= 0.3 is 0 Å². The van der Waals surface area contributed by atoms with E-state index in [1.54, 1.807) is 6.92 Å². The summed E-state index contributed by atoms with van der Waals surface area (Å²) >= 11 is 0. The van der Waals surface area contributed by atoms with Gasteiger partial charge in [0.15, 0.2) is 0 Å². The maximum atomic E-state index is 11.7. The van der Waals surface area contributed by atoms with E-state index < -0.39 is 0 Å². The first-order chi connectivity index (χ1) is 13.5. The molecule has 0 unspecified atom stereocenters. The van der Waals surface area contributed by atoms with Crippen LogP contribution in [0.2, 0.25) is 0 Å². The third-order valence-electron chi connectivity index (χ3n) is 6.05. The van der Waals surface area contributed by atoms with Crippen molar-refractivity contribution in [2.24, 2.45) is 0 Å². The Morgan fingerprint density at radius 1 is 1.25 bits per heavy atom. The molecular formula is C22H29N5O. The fourth-order valence-corrected chi connectivity index (χ4v) is 4.30. The zero-order valence-corrected chi connectivity index (χ0v) is 17.0. The number of rotatable bonds is 4. The van der Waals surface area contributed by atoms with Crippen molar-refractivity contribution in [2.45, 2.75) is 45.7 Å². The van der Waals surface area contributed by atoms with E-state index >= 15 is 0 Å². The maximum Gasteiger partial charge on any atom is 0.219 e. The molecular weight excluding hydrogens is 350 g/mol. The number of amides is 1. The molecule has 0 aliphatic carbocycles. The van der Waals surface area contributed by atoms with Crippen molar-refractivity contribution in [1.82, 2.24) is 19.8 Å². The summed E-state index contributed by atoms with van der Waals surface area (Å²) < 4.78 is 0. The number of hydrogen-bond donors (Lipinski definition) is 1. The maximum absolute atomic E-state index is 11.7. The molecule has 6 nitrogen and oxygen atoms in total. The summed E-state index contributed by atoms with van der Waals surface area (Å²) in [5.74, 6) is 2.21. The summed E-state index contributed by atoms with van der Waals surface area (Å²) in [5.41, 5.74) is 5.10. The molecule has 0 bridgehead atoms. The van der Waals surface area contributed by atoms with E-state index in [9.17, 15) is 4.79 Å². The summed E-state index contributed by atoms with van der Waals surface area (Å²) in [7, 11) is 1.93. The van der Waals surface area contributed by atoms with Gasteiger partial charge in [-0.3, -0.25) is 9.69 Å². The van der Waals surface area contributed by atoms with Crippen LogP contribution in [0.1, 0.15) is 47.5 Å². The van der Waals surface area contributed by atoms with Gasteiger partial charge in [0.05, 0.1) is 5.69 Å². The largest absolute Gasteiger partial charge is 0.373 e. The summed E-state index contributed by atoms with van der Waals surface area (Å²) in [5, 5.41) is 3.29. The number of aryl methyl sites for hydroxylation is 1. The predicted octanol–water partition coefficient (Wildman–Crippen LogP) is 2.72. The second-order valence-electron chi connectivity index (χ2n) is 7.94. The van der Waals surface area contributed by atoms with Gasteiger partial charge in [-0.25, -0.2) is 9.97 Å². The lowest BCUT2D eigenvalue weighted by molar-refractivity contribution is -0.127. The number of carbonyl (C=O) groups is 1. The Balaban J connectivity index is 1.54. The summed E-state index contributed by atoms with van der Waals surface area (Å²) in [4.78, 5) is 25.8. The van der Waals surface area contributed by atoms with Gasteiger partial charge < -0.3 is 10.2 Å². The van der Waals surface area contributed by atoms with E-state index in [1.807, 2.05) is 11.9 Å². The molecule has 1 fully saturated rings. The van der Waals surface area contributed by atoms with Crippen LogP contribution < -0.4 is 5.32 Å². The zero-order chi connectivity index (χ0) is 19.7. The molecule has 1 atom stereocenters. The number of fused-ring (bicyclic) bond motifs is 1. The van der Waals surface area contributed by atoms with Crippen molar-refractivity contribution in [2.75, 3.05) is 32.0 Å². The SMILES string of the molecule is CNc1nc([C@@H]2CCN(C(C)=O)C2)nc2c1CN(Cc1ccccc1C)CC2. The first-order valence-electron chi connectivity index (χ1n) is 10.1. The first kappa shape index (κ1) is 18.9. The molecule has 1 N–H and O–H groups in total. The molecule has 28 heavy (non-hydrogen) atoms. The van der Waals surface area contributed by atoms with E-state index in [-0.39, 0.29) is 11.8 Å². The van der Waals surface area contributed by atoms with Gasteiger partial charge in [0.25, 0.3) is 0 Å². The minimum Gasteiger partial charge on any atom is -0.373 e. The Hall–Kier alpha value is -2.47. The zero-order valence-electron chi connectivity index (χ0n) is 17.0. The van der Waals surface area contributed by atoms with Crippen LogP contribution >= 0.6 is 0 Å². The van der Waals surface area contributed by atoms with E-state index in [1.165, 1.54) is 16.7 Å². The Bertz CT molecular complexity index is 864. The minimum atomic E-state index is 0.140. The number of nitrogens with zero attached hydrogens (tertiary/aromatic N) is 4. The molecule has 148 valence electrons. The number of likely N-dealkylation sites (tertiary alicyclic amines) is 1. The predicted molar refractivity (Wildman–Crippen MR) is 110 cm³/mol. The lowest BCUT2D eigenvalue weighted by Gasteiger charge is -2.30.